The van der Waals surface area contributed by atoms with Crippen molar-refractivity contribution in [2.45, 2.75) is 60.8 Å². The lowest BCUT2D eigenvalue weighted by molar-refractivity contribution is 0.206. The van der Waals surface area contributed by atoms with E-state index in [0.29, 0.717) is 17.3 Å². The van der Waals surface area contributed by atoms with E-state index in [1.54, 1.807) is 0 Å². The lowest BCUT2D eigenvalue weighted by Gasteiger charge is -2.32. The molecule has 22 heavy (non-hydrogen) atoms. The SMILES string of the molecule is CC[B]COc1ccc(CNCC(C)(C)CC(C)(C)C)cc1. The van der Waals surface area contributed by atoms with E-state index >= 15 is 0 Å². The van der Waals surface area contributed by atoms with E-state index < -0.39 is 0 Å². The third-order valence-electron chi connectivity index (χ3n) is 3.52. The van der Waals surface area contributed by atoms with Gasteiger partial charge in [0.15, 0.2) is 7.28 Å². The average Bonchev–Trinajstić information content (AvgIpc) is 2.38. The highest BCUT2D eigenvalue weighted by molar-refractivity contribution is 6.35. The molecular formula is C19H33BNO. The van der Waals surface area contributed by atoms with Gasteiger partial charge in [-0.1, -0.05) is 60.0 Å². The highest BCUT2D eigenvalue weighted by Gasteiger charge is 2.24. The summed E-state index contributed by atoms with van der Waals surface area (Å²) in [5.41, 5.74) is 2.00. The van der Waals surface area contributed by atoms with Gasteiger partial charge in [-0.25, -0.2) is 0 Å². The van der Waals surface area contributed by atoms with E-state index in [9.17, 15) is 0 Å². The van der Waals surface area contributed by atoms with E-state index in [0.717, 1.165) is 25.2 Å². The molecule has 0 bridgehead atoms. The fourth-order valence-corrected chi connectivity index (χ4v) is 3.02. The molecule has 1 aromatic rings. The van der Waals surface area contributed by atoms with Crippen LogP contribution in [-0.4, -0.2) is 20.3 Å². The summed E-state index contributed by atoms with van der Waals surface area (Å²) in [5.74, 6) is 0.946. The summed E-state index contributed by atoms with van der Waals surface area (Å²) < 4.78 is 5.64. The molecule has 1 rings (SSSR count). The molecule has 0 saturated heterocycles. The number of benzene rings is 1. The van der Waals surface area contributed by atoms with Gasteiger partial charge in [-0.2, -0.15) is 0 Å². The van der Waals surface area contributed by atoms with E-state index in [1.807, 2.05) is 0 Å². The first-order valence-electron chi connectivity index (χ1n) is 8.46. The molecule has 0 fully saturated rings. The maximum Gasteiger partial charge on any atom is 0.161 e. The van der Waals surface area contributed by atoms with Crippen molar-refractivity contribution >= 4 is 7.28 Å². The van der Waals surface area contributed by atoms with Crippen molar-refractivity contribution in [3.63, 3.8) is 0 Å². The Labute approximate surface area is 138 Å². The number of hydrogen-bond acceptors (Lipinski definition) is 2. The summed E-state index contributed by atoms with van der Waals surface area (Å²) >= 11 is 0. The highest BCUT2D eigenvalue weighted by atomic mass is 16.5. The molecule has 0 atom stereocenters. The fourth-order valence-electron chi connectivity index (χ4n) is 3.02. The molecule has 0 unspecified atom stereocenters. The standard InChI is InChI=1S/C19H33BNO/c1-7-20-15-22-17-10-8-16(9-11-17)12-21-14-19(5,6)13-18(2,3)4/h8-11,21H,7,12-15H2,1-6H3. The summed E-state index contributed by atoms with van der Waals surface area (Å²) in [4.78, 5) is 0. The van der Waals surface area contributed by atoms with Crippen LogP contribution in [0.15, 0.2) is 24.3 Å². The molecular weight excluding hydrogens is 269 g/mol. The van der Waals surface area contributed by atoms with E-state index in [1.165, 1.54) is 12.0 Å². The summed E-state index contributed by atoms with van der Waals surface area (Å²) in [6.45, 7) is 16.4. The molecule has 0 amide bonds. The van der Waals surface area contributed by atoms with Crippen LogP contribution in [0.1, 0.15) is 53.5 Å². The lowest BCUT2D eigenvalue weighted by Crippen LogP contribution is -2.32. The van der Waals surface area contributed by atoms with E-state index in [4.69, 9.17) is 4.74 Å². The van der Waals surface area contributed by atoms with Crippen molar-refractivity contribution in [1.29, 1.82) is 0 Å². The topological polar surface area (TPSA) is 21.3 Å². The Morgan fingerprint density at radius 3 is 2.23 bits per heavy atom. The maximum absolute atomic E-state index is 5.64. The van der Waals surface area contributed by atoms with Gasteiger partial charge in [0, 0.05) is 13.1 Å². The Kier molecular flexibility index (Phi) is 7.48. The Morgan fingerprint density at radius 1 is 1.05 bits per heavy atom. The van der Waals surface area contributed by atoms with E-state index in [2.05, 4.69) is 78.4 Å². The summed E-state index contributed by atoms with van der Waals surface area (Å²) in [7, 11) is 2.13. The van der Waals surface area contributed by atoms with Gasteiger partial charge in [-0.3, -0.25) is 0 Å². The van der Waals surface area contributed by atoms with Crippen LogP contribution >= 0.6 is 0 Å². The third kappa shape index (κ3) is 8.48. The van der Waals surface area contributed by atoms with Gasteiger partial charge in [0.1, 0.15) is 5.75 Å². The smallest absolute Gasteiger partial charge is 0.161 e. The number of rotatable bonds is 9. The largest absolute Gasteiger partial charge is 0.503 e. The molecule has 0 aromatic heterocycles. The Hall–Kier alpha value is -0.955. The minimum Gasteiger partial charge on any atom is -0.503 e. The van der Waals surface area contributed by atoms with Gasteiger partial charge in [0.05, 0.1) is 6.51 Å². The zero-order chi connectivity index (χ0) is 16.6. The Morgan fingerprint density at radius 2 is 1.68 bits per heavy atom. The van der Waals surface area contributed by atoms with Crippen LogP contribution < -0.4 is 10.1 Å². The molecule has 1 N–H and O–H groups in total. The van der Waals surface area contributed by atoms with Crippen LogP contribution in [0.5, 0.6) is 5.75 Å². The van der Waals surface area contributed by atoms with Crippen molar-refractivity contribution in [2.24, 2.45) is 10.8 Å². The summed E-state index contributed by atoms with van der Waals surface area (Å²) in [6, 6.07) is 8.40. The predicted octanol–water partition coefficient (Wildman–Crippen LogP) is 4.72. The average molecular weight is 302 g/mol. The first-order valence-corrected chi connectivity index (χ1v) is 8.46. The quantitative estimate of drug-likeness (QED) is 0.526. The Bertz CT molecular complexity index is 420. The zero-order valence-corrected chi connectivity index (χ0v) is 15.3. The van der Waals surface area contributed by atoms with Crippen molar-refractivity contribution in [1.82, 2.24) is 5.32 Å². The van der Waals surface area contributed by atoms with Gasteiger partial charge in [-0.05, 0) is 34.9 Å². The Balaban J connectivity index is 2.35. The van der Waals surface area contributed by atoms with Gasteiger partial charge >= 0.3 is 0 Å². The molecule has 123 valence electrons. The molecule has 2 nitrogen and oxygen atoms in total. The van der Waals surface area contributed by atoms with Crippen molar-refractivity contribution in [3.8, 4) is 5.75 Å². The molecule has 0 heterocycles. The number of ether oxygens (including phenoxy) is 1. The van der Waals surface area contributed by atoms with Crippen LogP contribution in [0.25, 0.3) is 0 Å². The van der Waals surface area contributed by atoms with Crippen molar-refractivity contribution in [3.05, 3.63) is 29.8 Å². The van der Waals surface area contributed by atoms with Crippen LogP contribution in [0.4, 0.5) is 0 Å². The molecule has 1 radical (unpaired) electrons. The normalized spacial score (nSPS) is 12.3. The van der Waals surface area contributed by atoms with Crippen LogP contribution in [-0.2, 0) is 6.54 Å². The molecule has 3 heteroatoms. The fraction of sp³-hybridized carbons (Fsp3) is 0.684. The van der Waals surface area contributed by atoms with Gasteiger partial charge in [0.2, 0.25) is 0 Å². The van der Waals surface area contributed by atoms with Crippen molar-refractivity contribution in [2.75, 3.05) is 13.1 Å². The van der Waals surface area contributed by atoms with E-state index in [-0.39, 0.29) is 0 Å². The van der Waals surface area contributed by atoms with Crippen LogP contribution in [0.3, 0.4) is 0 Å². The van der Waals surface area contributed by atoms with Gasteiger partial charge in [-0.15, -0.1) is 0 Å². The second-order valence-electron chi connectivity index (χ2n) is 8.16. The van der Waals surface area contributed by atoms with Gasteiger partial charge < -0.3 is 10.1 Å². The summed E-state index contributed by atoms with van der Waals surface area (Å²) in [6.07, 6.45) is 2.26. The minimum absolute atomic E-state index is 0.317. The molecule has 0 spiro atoms. The second-order valence-corrected chi connectivity index (χ2v) is 8.16. The third-order valence-corrected chi connectivity index (χ3v) is 3.52. The zero-order valence-electron chi connectivity index (χ0n) is 15.3. The first-order chi connectivity index (χ1) is 10.2. The molecule has 0 saturated carbocycles. The monoisotopic (exact) mass is 302 g/mol. The second kappa shape index (κ2) is 8.62. The minimum atomic E-state index is 0.317. The predicted molar refractivity (Wildman–Crippen MR) is 97.7 cm³/mol. The summed E-state index contributed by atoms with van der Waals surface area (Å²) in [5, 5.41) is 3.59. The molecule has 0 aliphatic rings. The van der Waals surface area contributed by atoms with Crippen LogP contribution in [0.2, 0.25) is 6.32 Å². The maximum atomic E-state index is 5.64. The van der Waals surface area contributed by atoms with Crippen LogP contribution in [0, 0.1) is 10.8 Å². The first kappa shape index (κ1) is 19.1. The number of nitrogens with one attached hydrogen (secondary N) is 1. The van der Waals surface area contributed by atoms with Gasteiger partial charge in [0.25, 0.3) is 0 Å². The molecule has 0 aliphatic carbocycles. The molecule has 0 aliphatic heterocycles. The van der Waals surface area contributed by atoms with Crippen molar-refractivity contribution < 1.29 is 4.74 Å². The number of hydrogen-bond donors (Lipinski definition) is 1. The highest BCUT2D eigenvalue weighted by Crippen LogP contribution is 2.32. The molecule has 1 aromatic carbocycles. The lowest BCUT2D eigenvalue weighted by atomic mass is 9.76.